The van der Waals surface area contributed by atoms with Gasteiger partial charge in [0.1, 0.15) is 5.82 Å². The quantitative estimate of drug-likeness (QED) is 0.296. The zero-order valence-electron chi connectivity index (χ0n) is 20.9. The summed E-state index contributed by atoms with van der Waals surface area (Å²) in [5, 5.41) is 2.87. The van der Waals surface area contributed by atoms with Gasteiger partial charge in [0.2, 0.25) is 5.91 Å². The SMILES string of the molecule is CCOC(=O)C[C@H](NC(=O)[C@@H](N)CC(C)C)c1cc(-c2c(C)cc(Cl)cc2C)cc(C(F)(F)F)c1F. The molecule has 1 amide bonds. The van der Waals surface area contributed by atoms with Crippen LogP contribution < -0.4 is 11.1 Å². The Kier molecular flexibility index (Phi) is 9.91. The van der Waals surface area contributed by atoms with E-state index >= 15 is 4.39 Å². The lowest BCUT2D eigenvalue weighted by molar-refractivity contribution is -0.143. The van der Waals surface area contributed by atoms with Crippen LogP contribution in [0.2, 0.25) is 5.02 Å². The van der Waals surface area contributed by atoms with Gasteiger partial charge in [-0.2, -0.15) is 13.2 Å². The zero-order valence-corrected chi connectivity index (χ0v) is 21.6. The molecule has 2 atom stereocenters. The molecular weight excluding hydrogens is 500 g/mol. The topological polar surface area (TPSA) is 81.4 Å². The number of nitrogens with one attached hydrogen (secondary N) is 1. The van der Waals surface area contributed by atoms with Gasteiger partial charge in [0, 0.05) is 10.6 Å². The molecule has 0 spiro atoms. The summed E-state index contributed by atoms with van der Waals surface area (Å²) in [6, 6.07) is 2.67. The van der Waals surface area contributed by atoms with Crippen LogP contribution in [0.15, 0.2) is 24.3 Å². The first-order valence-electron chi connectivity index (χ1n) is 11.5. The highest BCUT2D eigenvalue weighted by Crippen LogP contribution is 2.40. The van der Waals surface area contributed by atoms with Crippen molar-refractivity contribution in [3.63, 3.8) is 0 Å². The molecule has 10 heteroatoms. The van der Waals surface area contributed by atoms with E-state index in [9.17, 15) is 22.8 Å². The summed E-state index contributed by atoms with van der Waals surface area (Å²) in [5.41, 5.74) is 5.58. The number of hydrogen-bond acceptors (Lipinski definition) is 4. The largest absolute Gasteiger partial charge is 0.466 e. The molecule has 0 bridgehead atoms. The Hall–Kier alpha value is -2.65. The number of amides is 1. The summed E-state index contributed by atoms with van der Waals surface area (Å²) in [7, 11) is 0. The molecule has 2 rings (SSSR count). The minimum absolute atomic E-state index is 0.00580. The second kappa shape index (κ2) is 12.1. The molecule has 0 saturated heterocycles. The maximum atomic E-state index is 15.4. The van der Waals surface area contributed by atoms with Crippen molar-refractivity contribution in [1.82, 2.24) is 5.32 Å². The fraction of sp³-hybridized carbons (Fsp3) is 0.462. The highest BCUT2D eigenvalue weighted by Gasteiger charge is 2.38. The van der Waals surface area contributed by atoms with Gasteiger partial charge in [-0.25, -0.2) is 4.39 Å². The predicted molar refractivity (Wildman–Crippen MR) is 131 cm³/mol. The summed E-state index contributed by atoms with van der Waals surface area (Å²) in [4.78, 5) is 25.0. The maximum absolute atomic E-state index is 15.4. The Labute approximate surface area is 213 Å². The molecule has 0 fully saturated rings. The van der Waals surface area contributed by atoms with Crippen molar-refractivity contribution in [2.75, 3.05) is 6.61 Å². The van der Waals surface area contributed by atoms with Gasteiger partial charge in [0.25, 0.3) is 0 Å². The first-order chi connectivity index (χ1) is 16.6. The van der Waals surface area contributed by atoms with Gasteiger partial charge in [-0.15, -0.1) is 0 Å². The Morgan fingerprint density at radius 2 is 1.69 bits per heavy atom. The maximum Gasteiger partial charge on any atom is 0.419 e. The fourth-order valence-electron chi connectivity index (χ4n) is 4.14. The van der Waals surface area contributed by atoms with Crippen LogP contribution in [0.3, 0.4) is 0 Å². The lowest BCUT2D eigenvalue weighted by Crippen LogP contribution is -2.43. The summed E-state index contributed by atoms with van der Waals surface area (Å²) in [6.45, 7) is 8.60. The van der Waals surface area contributed by atoms with Crippen LogP contribution >= 0.6 is 11.6 Å². The summed E-state index contributed by atoms with van der Waals surface area (Å²) in [5.74, 6) is -3.04. The Bertz CT molecular complexity index is 1100. The van der Waals surface area contributed by atoms with Crippen LogP contribution in [0.4, 0.5) is 17.6 Å². The lowest BCUT2D eigenvalue weighted by Gasteiger charge is -2.24. The highest BCUT2D eigenvalue weighted by atomic mass is 35.5. The van der Waals surface area contributed by atoms with Gasteiger partial charge in [0.05, 0.1) is 30.7 Å². The van der Waals surface area contributed by atoms with Gasteiger partial charge >= 0.3 is 12.1 Å². The van der Waals surface area contributed by atoms with Crippen molar-refractivity contribution >= 4 is 23.5 Å². The number of carbonyl (C=O) groups excluding carboxylic acids is 2. The number of benzene rings is 2. The van der Waals surface area contributed by atoms with E-state index in [4.69, 9.17) is 22.1 Å². The van der Waals surface area contributed by atoms with Gasteiger partial charge in [-0.05, 0) is 79.6 Å². The Balaban J connectivity index is 2.73. The van der Waals surface area contributed by atoms with Gasteiger partial charge in [-0.3, -0.25) is 9.59 Å². The van der Waals surface area contributed by atoms with Crippen molar-refractivity contribution in [1.29, 1.82) is 0 Å². The predicted octanol–water partition coefficient (Wildman–Crippen LogP) is 6.27. The normalized spacial score (nSPS) is 13.4. The average Bonchev–Trinajstić information content (AvgIpc) is 2.72. The first-order valence-corrected chi connectivity index (χ1v) is 11.9. The zero-order chi connectivity index (χ0) is 27.4. The number of esters is 1. The standard InChI is InChI=1S/C26H31ClF4N2O3/c1-6-36-22(34)12-21(33-25(35)20(32)7-13(2)3)18-10-16(11-19(24(18)28)26(29,30)31)23-14(4)8-17(27)9-15(23)5/h8-11,13,20-21H,6-7,12,32H2,1-5H3,(H,33,35)/t20-,21-/m0/s1. The molecule has 0 heterocycles. The number of rotatable bonds is 9. The number of ether oxygens (including phenoxy) is 1. The van der Waals surface area contributed by atoms with Crippen LogP contribution in [0.25, 0.3) is 11.1 Å². The molecule has 3 N–H and O–H groups in total. The van der Waals surface area contributed by atoms with E-state index in [1.165, 1.54) is 6.07 Å². The smallest absolute Gasteiger partial charge is 0.419 e. The third-order valence-corrected chi connectivity index (χ3v) is 5.84. The van der Waals surface area contributed by atoms with Crippen LogP contribution in [0.5, 0.6) is 0 Å². The van der Waals surface area contributed by atoms with Gasteiger partial charge in [0.15, 0.2) is 0 Å². The van der Waals surface area contributed by atoms with E-state index in [-0.39, 0.29) is 24.5 Å². The molecule has 0 unspecified atom stereocenters. The average molecular weight is 531 g/mol. The van der Waals surface area contributed by atoms with E-state index in [0.717, 1.165) is 6.07 Å². The fourth-order valence-corrected chi connectivity index (χ4v) is 4.46. The second-order valence-electron chi connectivity index (χ2n) is 9.15. The van der Waals surface area contributed by atoms with Crippen molar-refractivity contribution in [2.24, 2.45) is 11.7 Å². The highest BCUT2D eigenvalue weighted by molar-refractivity contribution is 6.30. The molecule has 0 aromatic heterocycles. The van der Waals surface area contributed by atoms with Crippen LogP contribution in [-0.4, -0.2) is 24.5 Å². The molecule has 2 aromatic carbocycles. The van der Waals surface area contributed by atoms with Crippen LogP contribution in [-0.2, 0) is 20.5 Å². The molecule has 198 valence electrons. The number of aryl methyl sites for hydroxylation is 2. The van der Waals surface area contributed by atoms with E-state index < -0.39 is 53.5 Å². The monoisotopic (exact) mass is 530 g/mol. The van der Waals surface area contributed by atoms with E-state index in [1.54, 1.807) is 32.9 Å². The van der Waals surface area contributed by atoms with E-state index in [1.807, 2.05) is 13.8 Å². The third-order valence-electron chi connectivity index (χ3n) is 5.62. The van der Waals surface area contributed by atoms with Gasteiger partial charge in [-0.1, -0.05) is 25.4 Å². The molecular formula is C26H31ClF4N2O3. The number of halogens is 5. The van der Waals surface area contributed by atoms with Crippen molar-refractivity contribution < 1.29 is 31.9 Å². The molecule has 0 aliphatic rings. The minimum atomic E-state index is -5.03. The van der Waals surface area contributed by atoms with Crippen LogP contribution in [0, 0.1) is 25.6 Å². The molecule has 0 aliphatic carbocycles. The number of alkyl halides is 3. The second-order valence-corrected chi connectivity index (χ2v) is 9.58. The van der Waals surface area contributed by atoms with E-state index in [0.29, 0.717) is 21.7 Å². The lowest BCUT2D eigenvalue weighted by atomic mass is 9.90. The Morgan fingerprint density at radius 3 is 2.19 bits per heavy atom. The molecule has 2 aromatic rings. The number of carbonyl (C=O) groups is 2. The summed E-state index contributed by atoms with van der Waals surface area (Å²) < 4.78 is 62.1. The molecule has 36 heavy (non-hydrogen) atoms. The summed E-state index contributed by atoms with van der Waals surface area (Å²) in [6.07, 6.45) is -5.32. The number of nitrogens with two attached hydrogens (primary N) is 1. The van der Waals surface area contributed by atoms with Crippen LogP contribution in [0.1, 0.15) is 61.9 Å². The van der Waals surface area contributed by atoms with E-state index in [2.05, 4.69) is 5.32 Å². The molecule has 0 radical (unpaired) electrons. The molecule has 0 saturated carbocycles. The minimum Gasteiger partial charge on any atom is -0.466 e. The summed E-state index contributed by atoms with van der Waals surface area (Å²) >= 11 is 6.08. The third kappa shape index (κ3) is 7.43. The molecule has 0 aliphatic heterocycles. The Morgan fingerprint density at radius 1 is 1.11 bits per heavy atom. The van der Waals surface area contributed by atoms with Crippen molar-refractivity contribution in [3.8, 4) is 11.1 Å². The first kappa shape index (κ1) is 29.6. The van der Waals surface area contributed by atoms with Gasteiger partial charge < -0.3 is 15.8 Å². The molecule has 5 nitrogen and oxygen atoms in total. The van der Waals surface area contributed by atoms with Crippen molar-refractivity contribution in [2.45, 2.75) is 65.7 Å². The van der Waals surface area contributed by atoms with Crippen molar-refractivity contribution in [3.05, 3.63) is 57.4 Å². The number of hydrogen-bond donors (Lipinski definition) is 2.